The number of ether oxygens (including phenoxy) is 1. The van der Waals surface area contributed by atoms with E-state index in [0.717, 1.165) is 32.5 Å². The number of aromatic nitrogens is 2. The summed E-state index contributed by atoms with van der Waals surface area (Å²) < 4.78 is 7.05. The SMILES string of the molecule is CCOC(=O)[C@]12CCCN(C(=O)c3ccnn3C)C[C@H]1CN(CC)C2. The van der Waals surface area contributed by atoms with Crippen LogP contribution in [0.15, 0.2) is 12.3 Å². The lowest BCUT2D eigenvalue weighted by Crippen LogP contribution is -2.43. The van der Waals surface area contributed by atoms with Gasteiger partial charge in [0.1, 0.15) is 5.69 Å². The van der Waals surface area contributed by atoms with Gasteiger partial charge in [-0.3, -0.25) is 14.3 Å². The van der Waals surface area contributed by atoms with Gasteiger partial charge in [0.05, 0.1) is 12.0 Å². The predicted octanol–water partition coefficient (Wildman–Crippen LogP) is 1.16. The molecule has 2 aliphatic rings. The van der Waals surface area contributed by atoms with Crippen molar-refractivity contribution >= 4 is 11.9 Å². The molecular weight excluding hydrogens is 320 g/mol. The van der Waals surface area contributed by atoms with Crippen LogP contribution in [0.5, 0.6) is 0 Å². The molecule has 0 saturated carbocycles. The van der Waals surface area contributed by atoms with Gasteiger partial charge in [0.15, 0.2) is 0 Å². The highest BCUT2D eigenvalue weighted by Gasteiger charge is 2.54. The van der Waals surface area contributed by atoms with E-state index in [4.69, 9.17) is 4.74 Å². The van der Waals surface area contributed by atoms with E-state index in [2.05, 4.69) is 16.9 Å². The largest absolute Gasteiger partial charge is 0.466 e. The molecule has 3 heterocycles. The maximum Gasteiger partial charge on any atom is 0.313 e. The molecule has 0 N–H and O–H groups in total. The van der Waals surface area contributed by atoms with E-state index in [1.807, 2.05) is 11.8 Å². The Kier molecular flexibility index (Phi) is 5.13. The van der Waals surface area contributed by atoms with Crippen LogP contribution in [0.3, 0.4) is 0 Å². The lowest BCUT2D eigenvalue weighted by atomic mass is 9.75. The van der Waals surface area contributed by atoms with E-state index in [1.165, 1.54) is 0 Å². The second-order valence-corrected chi connectivity index (χ2v) is 7.10. The molecule has 0 bridgehead atoms. The van der Waals surface area contributed by atoms with Crippen LogP contribution < -0.4 is 0 Å². The van der Waals surface area contributed by atoms with Gasteiger partial charge in [-0.25, -0.2) is 0 Å². The van der Waals surface area contributed by atoms with Gasteiger partial charge in [-0.05, 0) is 32.4 Å². The van der Waals surface area contributed by atoms with E-state index in [9.17, 15) is 9.59 Å². The Labute approximate surface area is 148 Å². The first-order valence-electron chi connectivity index (χ1n) is 9.18. The number of carbonyl (C=O) groups is 2. The van der Waals surface area contributed by atoms with Crippen LogP contribution in [0.25, 0.3) is 0 Å². The number of amides is 1. The number of esters is 1. The highest BCUT2D eigenvalue weighted by Crippen LogP contribution is 2.43. The predicted molar refractivity (Wildman–Crippen MR) is 93.0 cm³/mol. The molecule has 3 rings (SSSR count). The number of fused-ring (bicyclic) bond motifs is 1. The van der Waals surface area contributed by atoms with E-state index >= 15 is 0 Å². The van der Waals surface area contributed by atoms with Gasteiger partial charge < -0.3 is 14.5 Å². The van der Waals surface area contributed by atoms with E-state index in [-0.39, 0.29) is 17.8 Å². The zero-order chi connectivity index (χ0) is 18.0. The first kappa shape index (κ1) is 17.9. The molecule has 7 heteroatoms. The summed E-state index contributed by atoms with van der Waals surface area (Å²) in [6, 6.07) is 1.75. The molecule has 7 nitrogen and oxygen atoms in total. The normalized spacial score (nSPS) is 27.0. The Morgan fingerprint density at radius 2 is 2.16 bits per heavy atom. The zero-order valence-electron chi connectivity index (χ0n) is 15.4. The third-order valence-electron chi connectivity index (χ3n) is 5.71. The molecule has 1 aromatic rings. The number of carbonyl (C=O) groups excluding carboxylic acids is 2. The molecule has 0 unspecified atom stereocenters. The molecule has 2 aliphatic heterocycles. The number of rotatable bonds is 4. The summed E-state index contributed by atoms with van der Waals surface area (Å²) >= 11 is 0. The molecule has 138 valence electrons. The van der Waals surface area contributed by atoms with Crippen LogP contribution in [0.4, 0.5) is 0 Å². The van der Waals surface area contributed by atoms with Gasteiger partial charge >= 0.3 is 5.97 Å². The van der Waals surface area contributed by atoms with Crippen LogP contribution in [0, 0.1) is 11.3 Å². The van der Waals surface area contributed by atoms with Gasteiger partial charge in [-0.15, -0.1) is 0 Å². The summed E-state index contributed by atoms with van der Waals surface area (Å²) in [5.74, 6) is 0.0200. The summed E-state index contributed by atoms with van der Waals surface area (Å²) in [6.45, 7) is 8.12. The van der Waals surface area contributed by atoms with E-state index in [0.29, 0.717) is 25.4 Å². The Hall–Kier alpha value is -1.89. The van der Waals surface area contributed by atoms with Crippen molar-refractivity contribution in [3.8, 4) is 0 Å². The number of likely N-dealkylation sites (tertiary alicyclic amines) is 2. The fourth-order valence-electron chi connectivity index (χ4n) is 4.32. The van der Waals surface area contributed by atoms with Crippen LogP contribution in [-0.4, -0.2) is 70.8 Å². The summed E-state index contributed by atoms with van der Waals surface area (Å²) in [4.78, 5) is 29.9. The molecule has 0 aromatic carbocycles. The number of hydrogen-bond donors (Lipinski definition) is 0. The number of nitrogens with zero attached hydrogens (tertiary/aromatic N) is 4. The summed E-state index contributed by atoms with van der Waals surface area (Å²) in [5.41, 5.74) is 0.113. The highest BCUT2D eigenvalue weighted by molar-refractivity contribution is 5.92. The molecule has 0 aliphatic carbocycles. The average molecular weight is 348 g/mol. The van der Waals surface area contributed by atoms with Crippen molar-refractivity contribution in [2.24, 2.45) is 18.4 Å². The van der Waals surface area contributed by atoms with Crippen LogP contribution in [0.1, 0.15) is 37.2 Å². The fraction of sp³-hybridized carbons (Fsp3) is 0.722. The monoisotopic (exact) mass is 348 g/mol. The fourth-order valence-corrected chi connectivity index (χ4v) is 4.32. The van der Waals surface area contributed by atoms with Crippen LogP contribution >= 0.6 is 0 Å². The summed E-state index contributed by atoms with van der Waals surface area (Å²) in [7, 11) is 1.78. The molecular formula is C18H28N4O3. The van der Waals surface area contributed by atoms with Crippen molar-refractivity contribution in [3.05, 3.63) is 18.0 Å². The molecule has 1 aromatic heterocycles. The third-order valence-corrected chi connectivity index (χ3v) is 5.71. The first-order chi connectivity index (χ1) is 12.0. The van der Waals surface area contributed by atoms with Crippen LogP contribution in [0.2, 0.25) is 0 Å². The Balaban J connectivity index is 1.84. The molecule has 25 heavy (non-hydrogen) atoms. The molecule has 0 spiro atoms. The van der Waals surface area contributed by atoms with E-state index < -0.39 is 5.41 Å². The second kappa shape index (κ2) is 7.15. The summed E-state index contributed by atoms with van der Waals surface area (Å²) in [5, 5.41) is 4.10. The van der Waals surface area contributed by atoms with E-state index in [1.54, 1.807) is 24.0 Å². The Bertz CT molecular complexity index is 644. The maximum atomic E-state index is 12.9. The third kappa shape index (κ3) is 3.17. The molecule has 2 saturated heterocycles. The minimum atomic E-state index is -0.479. The van der Waals surface area contributed by atoms with Crippen molar-refractivity contribution in [2.45, 2.75) is 26.7 Å². The molecule has 2 atom stereocenters. The molecule has 0 radical (unpaired) electrons. The zero-order valence-corrected chi connectivity index (χ0v) is 15.4. The number of hydrogen-bond acceptors (Lipinski definition) is 5. The van der Waals surface area contributed by atoms with Gasteiger partial charge in [0.2, 0.25) is 0 Å². The first-order valence-corrected chi connectivity index (χ1v) is 9.18. The minimum absolute atomic E-state index is 0.00499. The van der Waals surface area contributed by atoms with Gasteiger partial charge in [-0.1, -0.05) is 6.92 Å². The minimum Gasteiger partial charge on any atom is -0.466 e. The lowest BCUT2D eigenvalue weighted by Gasteiger charge is -2.31. The van der Waals surface area contributed by atoms with Crippen molar-refractivity contribution in [2.75, 3.05) is 39.3 Å². The number of aryl methyl sites for hydroxylation is 1. The smallest absolute Gasteiger partial charge is 0.313 e. The maximum absolute atomic E-state index is 12.9. The standard InChI is InChI=1S/C18H28N4O3/c1-4-21-11-14-12-22(16(23)15-7-9-19-20(15)3)10-6-8-18(14,13-21)17(24)25-5-2/h7,9,14H,4-6,8,10-13H2,1-3H3/t14-,18+/m1/s1. The second-order valence-electron chi connectivity index (χ2n) is 7.10. The Morgan fingerprint density at radius 3 is 2.80 bits per heavy atom. The lowest BCUT2D eigenvalue weighted by molar-refractivity contribution is -0.157. The molecule has 2 fully saturated rings. The Morgan fingerprint density at radius 1 is 1.36 bits per heavy atom. The van der Waals surface area contributed by atoms with Crippen molar-refractivity contribution < 1.29 is 14.3 Å². The summed E-state index contributed by atoms with van der Waals surface area (Å²) in [6.07, 6.45) is 3.24. The highest BCUT2D eigenvalue weighted by atomic mass is 16.5. The van der Waals surface area contributed by atoms with Crippen molar-refractivity contribution in [1.82, 2.24) is 19.6 Å². The van der Waals surface area contributed by atoms with Gasteiger partial charge in [0, 0.05) is 45.3 Å². The van der Waals surface area contributed by atoms with Crippen molar-refractivity contribution in [3.63, 3.8) is 0 Å². The van der Waals surface area contributed by atoms with Crippen LogP contribution in [-0.2, 0) is 16.6 Å². The topological polar surface area (TPSA) is 67.7 Å². The van der Waals surface area contributed by atoms with Gasteiger partial charge in [0.25, 0.3) is 5.91 Å². The quantitative estimate of drug-likeness (QED) is 0.764. The van der Waals surface area contributed by atoms with Crippen molar-refractivity contribution in [1.29, 1.82) is 0 Å². The average Bonchev–Trinajstić information content (AvgIpc) is 3.13. The molecule has 1 amide bonds. The van der Waals surface area contributed by atoms with Gasteiger partial charge in [-0.2, -0.15) is 5.10 Å².